The zero-order valence-electron chi connectivity index (χ0n) is 26.8. The quantitative estimate of drug-likeness (QED) is 0.0589. The number of benzene rings is 4. The summed E-state index contributed by atoms with van der Waals surface area (Å²) in [6.07, 6.45) is -0.0668. The second-order valence-electron chi connectivity index (χ2n) is 11.3. The number of amides is 1. The second kappa shape index (κ2) is 14.7. The van der Waals surface area contributed by atoms with Crippen molar-refractivity contribution in [1.82, 2.24) is 10.6 Å². The molecule has 0 fully saturated rings. The molecule has 0 saturated heterocycles. The Morgan fingerprint density at radius 1 is 0.820 bits per heavy atom. The molecule has 0 unspecified atom stereocenters. The molecule has 4 aromatic carbocycles. The van der Waals surface area contributed by atoms with Crippen LogP contribution in [0, 0.1) is 0 Å². The molecule has 1 spiro atoms. The van der Waals surface area contributed by atoms with Gasteiger partial charge in [-0.05, 0) is 79.3 Å². The summed E-state index contributed by atoms with van der Waals surface area (Å²) in [5, 5.41) is 29.3. The van der Waals surface area contributed by atoms with Gasteiger partial charge in [0.15, 0.2) is 10.7 Å². The number of hydrogen-bond acceptors (Lipinski definition) is 11. The zero-order valence-corrected chi connectivity index (χ0v) is 27.6. The molecular formula is C36H33N3O10S. The van der Waals surface area contributed by atoms with Crippen LogP contribution in [0.2, 0.25) is 0 Å². The molecule has 2 heterocycles. The molecule has 5 N–H and O–H groups in total. The zero-order chi connectivity index (χ0) is 35.3. The summed E-state index contributed by atoms with van der Waals surface area (Å²) in [5.74, 6) is 0.0130. The third-order valence-electron chi connectivity index (χ3n) is 7.86. The van der Waals surface area contributed by atoms with Crippen molar-refractivity contribution in [3.05, 3.63) is 107 Å². The van der Waals surface area contributed by atoms with Gasteiger partial charge < -0.3 is 49.8 Å². The average molecular weight is 700 g/mol. The molecule has 0 saturated carbocycles. The summed E-state index contributed by atoms with van der Waals surface area (Å²) in [7, 11) is 0. The van der Waals surface area contributed by atoms with E-state index in [-0.39, 0.29) is 48.1 Å². The standard InChI is InChI=1S/C36H33N3O10S/c1-2-13-37-32(42)21-3-8-25(9-4-21)47-35(44)46-17-16-45-15-14-38-34(50)39-22-5-10-27-26(18-22)33(43)49-36(27)28-11-6-23(40)19-30(28)48-31-20-24(41)7-12-29(31)36/h3-12,18-20,40-41H,2,13-17H2,1H3,(H,37,42)(H2,38,39,50). The van der Waals surface area contributed by atoms with Crippen LogP contribution in [-0.2, 0) is 19.8 Å². The van der Waals surface area contributed by atoms with Crippen molar-refractivity contribution >= 4 is 41.0 Å². The minimum atomic E-state index is -1.36. The van der Waals surface area contributed by atoms with Crippen molar-refractivity contribution in [2.75, 3.05) is 38.2 Å². The molecule has 4 aromatic rings. The highest BCUT2D eigenvalue weighted by molar-refractivity contribution is 7.80. The highest BCUT2D eigenvalue weighted by Gasteiger charge is 2.53. The number of thiocarbonyl (C=S) groups is 1. The lowest BCUT2D eigenvalue weighted by Crippen LogP contribution is -2.33. The molecule has 0 radical (unpaired) electrons. The molecule has 0 aromatic heterocycles. The van der Waals surface area contributed by atoms with Gasteiger partial charge in [0.25, 0.3) is 5.91 Å². The summed E-state index contributed by atoms with van der Waals surface area (Å²) in [4.78, 5) is 37.3. The van der Waals surface area contributed by atoms with E-state index in [1.54, 1.807) is 42.5 Å². The molecule has 2 aliphatic heterocycles. The first kappa shape index (κ1) is 34.0. The molecule has 1 amide bonds. The Morgan fingerprint density at radius 2 is 1.50 bits per heavy atom. The van der Waals surface area contributed by atoms with E-state index in [1.165, 1.54) is 36.4 Å². The van der Waals surface area contributed by atoms with E-state index in [0.717, 1.165) is 6.42 Å². The number of phenolic OH excluding ortho intramolecular Hbond substituents is 2. The summed E-state index contributed by atoms with van der Waals surface area (Å²) >= 11 is 5.41. The fourth-order valence-corrected chi connectivity index (χ4v) is 5.84. The molecule has 258 valence electrons. The van der Waals surface area contributed by atoms with Gasteiger partial charge in [-0.25, -0.2) is 9.59 Å². The highest BCUT2D eigenvalue weighted by Crippen LogP contribution is 2.57. The number of esters is 1. The van der Waals surface area contributed by atoms with E-state index in [4.69, 9.17) is 35.9 Å². The maximum Gasteiger partial charge on any atom is 0.513 e. The number of carbonyl (C=O) groups excluding carboxylic acids is 3. The van der Waals surface area contributed by atoms with Crippen molar-refractivity contribution in [3.8, 4) is 28.7 Å². The van der Waals surface area contributed by atoms with Crippen LogP contribution < -0.4 is 25.4 Å². The van der Waals surface area contributed by atoms with Crippen molar-refractivity contribution in [2.24, 2.45) is 0 Å². The molecule has 13 nitrogen and oxygen atoms in total. The van der Waals surface area contributed by atoms with Crippen LogP contribution in [0.15, 0.2) is 78.9 Å². The molecular weight excluding hydrogens is 666 g/mol. The predicted molar refractivity (Wildman–Crippen MR) is 184 cm³/mol. The number of nitrogens with one attached hydrogen (secondary N) is 3. The van der Waals surface area contributed by atoms with Gasteiger partial charge in [0.1, 0.15) is 35.4 Å². The van der Waals surface area contributed by atoms with Gasteiger partial charge in [0.05, 0.1) is 18.8 Å². The van der Waals surface area contributed by atoms with E-state index in [0.29, 0.717) is 58.1 Å². The lowest BCUT2D eigenvalue weighted by Gasteiger charge is -2.36. The van der Waals surface area contributed by atoms with Crippen LogP contribution in [-0.4, -0.2) is 66.3 Å². The minimum absolute atomic E-state index is 0.0271. The van der Waals surface area contributed by atoms with Gasteiger partial charge in [-0.3, -0.25) is 4.79 Å². The van der Waals surface area contributed by atoms with Crippen molar-refractivity contribution in [1.29, 1.82) is 0 Å². The molecule has 50 heavy (non-hydrogen) atoms. The van der Waals surface area contributed by atoms with Gasteiger partial charge >= 0.3 is 12.1 Å². The van der Waals surface area contributed by atoms with Gasteiger partial charge in [0.2, 0.25) is 0 Å². The molecule has 0 bridgehead atoms. The monoisotopic (exact) mass is 699 g/mol. The molecule has 6 rings (SSSR count). The fraction of sp³-hybridized carbons (Fsp3) is 0.222. The van der Waals surface area contributed by atoms with E-state index < -0.39 is 17.7 Å². The fourth-order valence-electron chi connectivity index (χ4n) is 5.62. The predicted octanol–water partition coefficient (Wildman–Crippen LogP) is 5.32. The molecule has 14 heteroatoms. The van der Waals surface area contributed by atoms with E-state index in [2.05, 4.69) is 16.0 Å². The lowest BCUT2D eigenvalue weighted by atomic mass is 9.77. The first-order chi connectivity index (χ1) is 24.2. The summed E-state index contributed by atoms with van der Waals surface area (Å²) < 4.78 is 27.7. The van der Waals surface area contributed by atoms with Crippen molar-refractivity contribution in [2.45, 2.75) is 18.9 Å². The van der Waals surface area contributed by atoms with Gasteiger partial charge in [0, 0.05) is 53.2 Å². The number of carbonyl (C=O) groups is 3. The van der Waals surface area contributed by atoms with Crippen LogP contribution in [0.3, 0.4) is 0 Å². The number of aromatic hydroxyl groups is 2. The number of rotatable bonds is 11. The van der Waals surface area contributed by atoms with Crippen molar-refractivity contribution in [3.63, 3.8) is 0 Å². The van der Waals surface area contributed by atoms with E-state index >= 15 is 0 Å². The largest absolute Gasteiger partial charge is 0.513 e. The highest BCUT2D eigenvalue weighted by atomic mass is 32.1. The Labute approximate surface area is 292 Å². The van der Waals surface area contributed by atoms with Crippen LogP contribution in [0.5, 0.6) is 28.7 Å². The number of hydrogen-bond donors (Lipinski definition) is 5. The Hall–Kier alpha value is -5.86. The second-order valence-corrected chi connectivity index (χ2v) is 11.7. The Balaban J connectivity index is 0.972. The number of phenols is 2. The Bertz CT molecular complexity index is 1900. The molecule has 0 atom stereocenters. The van der Waals surface area contributed by atoms with Gasteiger partial charge in [-0.2, -0.15) is 0 Å². The lowest BCUT2D eigenvalue weighted by molar-refractivity contribution is 0.0224. The summed E-state index contributed by atoms with van der Waals surface area (Å²) in [6, 6.07) is 20.4. The van der Waals surface area contributed by atoms with Crippen LogP contribution in [0.1, 0.15) is 50.8 Å². The number of fused-ring (bicyclic) bond motifs is 6. The summed E-state index contributed by atoms with van der Waals surface area (Å²) in [5.41, 5.74) is 1.58. The van der Waals surface area contributed by atoms with Crippen LogP contribution in [0.4, 0.5) is 10.5 Å². The maximum absolute atomic E-state index is 13.3. The first-order valence-corrected chi connectivity index (χ1v) is 16.2. The smallest absolute Gasteiger partial charge is 0.508 e. The van der Waals surface area contributed by atoms with Crippen molar-refractivity contribution < 1.29 is 48.3 Å². The van der Waals surface area contributed by atoms with Gasteiger partial charge in [-0.15, -0.1) is 0 Å². The first-order valence-electron chi connectivity index (χ1n) is 15.8. The topological polar surface area (TPSA) is 174 Å². The normalized spacial score (nSPS) is 13.2. The third-order valence-corrected chi connectivity index (χ3v) is 8.11. The SMILES string of the molecule is CCCNC(=O)c1ccc(OC(=O)OCCOCCNC(=S)Nc2ccc3c(c2)C(=O)OC32c3ccc(O)cc3Oc3cc(O)ccc32)cc1. The molecule has 0 aliphatic carbocycles. The van der Waals surface area contributed by atoms with Crippen LogP contribution in [0.25, 0.3) is 0 Å². The maximum atomic E-state index is 13.3. The number of ether oxygens (including phenoxy) is 5. The Morgan fingerprint density at radius 3 is 2.18 bits per heavy atom. The van der Waals surface area contributed by atoms with Gasteiger partial charge in [-0.1, -0.05) is 13.0 Å². The number of anilines is 1. The Kier molecular flexibility index (Phi) is 10.0. The molecule has 2 aliphatic rings. The average Bonchev–Trinajstić information content (AvgIpc) is 3.38. The third kappa shape index (κ3) is 7.11. The van der Waals surface area contributed by atoms with E-state index in [9.17, 15) is 24.6 Å². The van der Waals surface area contributed by atoms with Crippen LogP contribution >= 0.6 is 12.2 Å². The van der Waals surface area contributed by atoms with E-state index in [1.807, 2.05) is 6.92 Å². The summed E-state index contributed by atoms with van der Waals surface area (Å²) in [6.45, 7) is 3.23. The minimum Gasteiger partial charge on any atom is -0.508 e.